The van der Waals surface area contributed by atoms with Crippen LogP contribution < -0.4 is 13.8 Å². The number of hydrogen-bond donors (Lipinski definition) is 0. The second-order valence-corrected chi connectivity index (χ2v) is 15.3. The Balaban J connectivity index is 1.75. The van der Waals surface area contributed by atoms with Crippen molar-refractivity contribution in [2.75, 3.05) is 73.4 Å². The van der Waals surface area contributed by atoms with Crippen LogP contribution >= 0.6 is 11.6 Å². The van der Waals surface area contributed by atoms with Crippen molar-refractivity contribution in [2.24, 2.45) is 0 Å². The number of amides is 2. The van der Waals surface area contributed by atoms with E-state index >= 15 is 4.79 Å². The van der Waals surface area contributed by atoms with Crippen molar-refractivity contribution < 1.29 is 32.2 Å². The van der Waals surface area contributed by atoms with Gasteiger partial charge in [0.2, 0.25) is 0 Å². The molecule has 1 unspecified atom stereocenters. The monoisotopic (exact) mass is 727 g/mol. The molecule has 2 aliphatic rings. The van der Waals surface area contributed by atoms with Crippen LogP contribution in [-0.4, -0.2) is 115 Å². The minimum absolute atomic E-state index is 0.0968. The maximum absolute atomic E-state index is 15.5. The van der Waals surface area contributed by atoms with Crippen molar-refractivity contribution in [2.45, 2.75) is 42.5 Å². The summed E-state index contributed by atoms with van der Waals surface area (Å²) in [4.78, 5) is 35.8. The number of carbonyl (C=O) groups excluding carboxylic acids is 2. The Morgan fingerprint density at radius 3 is 2.30 bits per heavy atom. The molecule has 1 fully saturated rings. The number of ether oxygens (including phenoxy) is 3. The second kappa shape index (κ2) is 15.2. The number of rotatable bonds is 13. The Morgan fingerprint density at radius 1 is 0.940 bits per heavy atom. The van der Waals surface area contributed by atoms with Crippen LogP contribution in [0.5, 0.6) is 11.5 Å². The fourth-order valence-corrected chi connectivity index (χ4v) is 8.41. The number of halogens is 1. The van der Waals surface area contributed by atoms with E-state index in [1.807, 2.05) is 33.3 Å². The third-order valence-corrected chi connectivity index (χ3v) is 11.1. The van der Waals surface area contributed by atoms with E-state index in [2.05, 4.69) is 9.80 Å². The van der Waals surface area contributed by atoms with Gasteiger partial charge < -0.3 is 28.9 Å². The van der Waals surface area contributed by atoms with Crippen molar-refractivity contribution in [1.82, 2.24) is 19.6 Å². The normalized spacial score (nSPS) is 19.3. The van der Waals surface area contributed by atoms with Gasteiger partial charge >= 0.3 is 6.09 Å². The van der Waals surface area contributed by atoms with Gasteiger partial charge in [-0.2, -0.15) is 0 Å². The molecular formula is C36H46ClN5O7S. The lowest BCUT2D eigenvalue weighted by molar-refractivity contribution is -0.132. The number of anilines is 1. The Bertz CT molecular complexity index is 1820. The molecule has 12 nitrogen and oxygen atoms in total. The zero-order valence-corrected chi connectivity index (χ0v) is 31.3. The molecule has 0 spiro atoms. The van der Waals surface area contributed by atoms with Gasteiger partial charge in [-0.05, 0) is 114 Å². The maximum atomic E-state index is 15.5. The average molecular weight is 728 g/mol. The predicted octanol–water partition coefficient (Wildman–Crippen LogP) is 4.84. The summed E-state index contributed by atoms with van der Waals surface area (Å²) in [6.07, 6.45) is 0.513. The van der Waals surface area contributed by atoms with Gasteiger partial charge in [0.1, 0.15) is 11.5 Å². The lowest BCUT2D eigenvalue weighted by Gasteiger charge is -2.41. The molecule has 0 aromatic heterocycles. The standard InChI is InChI=1S/C36H46ClN5O7S/c1-38(2)19-9-20-40(5)24-25-11-18-32(48-7)30(22-25)36(41-21-8-10-33(41)49-35(44)39(3)4)29-23-26(37)12-17-31(29)42(34(36)43)50(45,46)28-15-13-27(47-6)14-16-28/h11-18,22-23,33H,8-10,19-21,24H2,1-7H3/t33-,36?/m0/s1. The zero-order valence-electron chi connectivity index (χ0n) is 29.7. The van der Waals surface area contributed by atoms with Gasteiger partial charge in [-0.15, -0.1) is 0 Å². The summed E-state index contributed by atoms with van der Waals surface area (Å²) < 4.78 is 47.2. The number of fused-ring (bicyclic) bond motifs is 1. The first kappa shape index (κ1) is 37.4. The summed E-state index contributed by atoms with van der Waals surface area (Å²) >= 11 is 6.67. The van der Waals surface area contributed by atoms with E-state index in [1.54, 1.807) is 43.3 Å². The Labute approximate surface area is 300 Å². The van der Waals surface area contributed by atoms with Crippen LogP contribution in [0.2, 0.25) is 5.02 Å². The van der Waals surface area contributed by atoms with Gasteiger partial charge in [0.15, 0.2) is 11.8 Å². The van der Waals surface area contributed by atoms with Crippen LogP contribution in [-0.2, 0) is 31.6 Å². The molecule has 50 heavy (non-hydrogen) atoms. The van der Waals surface area contributed by atoms with Gasteiger partial charge in [0.25, 0.3) is 15.9 Å². The molecule has 270 valence electrons. The quantitative estimate of drug-likeness (QED) is 0.243. The highest BCUT2D eigenvalue weighted by molar-refractivity contribution is 7.93. The molecule has 0 aliphatic carbocycles. The highest BCUT2D eigenvalue weighted by Gasteiger charge is 2.63. The van der Waals surface area contributed by atoms with Gasteiger partial charge in [0.05, 0.1) is 24.8 Å². The summed E-state index contributed by atoms with van der Waals surface area (Å²) in [5, 5.41) is 0.307. The fraction of sp³-hybridized carbons (Fsp3) is 0.444. The molecule has 2 amide bonds. The topological polar surface area (TPSA) is 112 Å². The summed E-state index contributed by atoms with van der Waals surface area (Å²) in [6, 6.07) is 16.2. The predicted molar refractivity (Wildman–Crippen MR) is 192 cm³/mol. The molecule has 2 heterocycles. The number of benzene rings is 3. The van der Waals surface area contributed by atoms with Crippen LogP contribution in [0.25, 0.3) is 0 Å². The number of nitrogens with zero attached hydrogens (tertiary/aromatic N) is 5. The first-order valence-electron chi connectivity index (χ1n) is 16.4. The van der Waals surface area contributed by atoms with E-state index < -0.39 is 33.8 Å². The lowest BCUT2D eigenvalue weighted by atomic mass is 9.80. The smallest absolute Gasteiger partial charge is 0.410 e. The van der Waals surface area contributed by atoms with E-state index in [0.717, 1.165) is 29.4 Å². The van der Waals surface area contributed by atoms with Crippen molar-refractivity contribution in [1.29, 1.82) is 0 Å². The SMILES string of the molecule is COc1ccc(S(=O)(=O)N2C(=O)C(c3cc(CN(C)CCCN(C)C)ccc3OC)(N3CCC[C@@H]3OC(=O)N(C)C)c3cc(Cl)ccc32)cc1. The summed E-state index contributed by atoms with van der Waals surface area (Å²) in [5.41, 5.74) is -0.00431. The number of hydrogen-bond acceptors (Lipinski definition) is 10. The first-order chi connectivity index (χ1) is 23.7. The van der Waals surface area contributed by atoms with Gasteiger partial charge in [-0.1, -0.05) is 17.7 Å². The molecule has 0 radical (unpaired) electrons. The van der Waals surface area contributed by atoms with Crippen LogP contribution in [0.1, 0.15) is 36.0 Å². The Morgan fingerprint density at radius 2 is 1.66 bits per heavy atom. The van der Waals surface area contributed by atoms with Crippen LogP contribution in [0.4, 0.5) is 10.5 Å². The number of sulfonamides is 1. The van der Waals surface area contributed by atoms with Gasteiger partial charge in [0, 0.05) is 43.3 Å². The Kier molecular flexibility index (Phi) is 11.3. The number of methoxy groups -OCH3 is 2. The largest absolute Gasteiger partial charge is 0.497 e. The molecule has 1 saturated heterocycles. The molecule has 5 rings (SSSR count). The summed E-state index contributed by atoms with van der Waals surface area (Å²) in [6.45, 7) is 2.65. The van der Waals surface area contributed by atoms with Crippen LogP contribution in [0.15, 0.2) is 65.6 Å². The zero-order chi connectivity index (χ0) is 36.4. The maximum Gasteiger partial charge on any atom is 0.410 e. The first-order valence-corrected chi connectivity index (χ1v) is 18.3. The molecule has 0 bridgehead atoms. The van der Waals surface area contributed by atoms with Crippen molar-refractivity contribution in [3.8, 4) is 11.5 Å². The molecule has 0 saturated carbocycles. The molecule has 3 aromatic carbocycles. The minimum Gasteiger partial charge on any atom is -0.497 e. The second-order valence-electron chi connectivity index (χ2n) is 13.1. The summed E-state index contributed by atoms with van der Waals surface area (Å²) in [5.74, 6) is 0.0822. The van der Waals surface area contributed by atoms with Gasteiger partial charge in [-0.25, -0.2) is 22.4 Å². The van der Waals surface area contributed by atoms with Gasteiger partial charge in [-0.3, -0.25) is 4.79 Å². The lowest BCUT2D eigenvalue weighted by Crippen LogP contribution is -2.57. The highest BCUT2D eigenvalue weighted by Crippen LogP contribution is 2.55. The van der Waals surface area contributed by atoms with Crippen molar-refractivity contribution >= 4 is 39.3 Å². The minimum atomic E-state index is -4.48. The fourth-order valence-electron chi connectivity index (χ4n) is 6.78. The molecule has 2 atom stereocenters. The van der Waals surface area contributed by atoms with Crippen LogP contribution in [0.3, 0.4) is 0 Å². The van der Waals surface area contributed by atoms with Crippen molar-refractivity contribution in [3.05, 3.63) is 82.4 Å². The molecule has 14 heteroatoms. The molecule has 3 aromatic rings. The third kappa shape index (κ3) is 7.02. The van der Waals surface area contributed by atoms with Crippen molar-refractivity contribution in [3.63, 3.8) is 0 Å². The number of likely N-dealkylation sites (tertiary alicyclic amines) is 1. The molecule has 0 N–H and O–H groups in total. The van der Waals surface area contributed by atoms with E-state index in [-0.39, 0.29) is 10.6 Å². The van der Waals surface area contributed by atoms with E-state index in [0.29, 0.717) is 53.6 Å². The molecule has 2 aliphatic heterocycles. The highest BCUT2D eigenvalue weighted by atomic mass is 35.5. The van der Waals surface area contributed by atoms with E-state index in [4.69, 9.17) is 25.8 Å². The third-order valence-electron chi connectivity index (χ3n) is 9.14. The van der Waals surface area contributed by atoms with E-state index in [1.165, 1.54) is 43.4 Å². The van der Waals surface area contributed by atoms with E-state index in [9.17, 15) is 13.2 Å². The number of carbonyl (C=O) groups is 2. The molecular weight excluding hydrogens is 682 g/mol. The summed E-state index contributed by atoms with van der Waals surface area (Å²) in [7, 11) is 7.79. The average Bonchev–Trinajstić information content (AvgIpc) is 3.64. The Hall–Kier alpha value is -3.88. The van der Waals surface area contributed by atoms with Crippen LogP contribution in [0, 0.1) is 0 Å².